The Morgan fingerprint density at radius 1 is 1.33 bits per heavy atom. The van der Waals surface area contributed by atoms with Gasteiger partial charge in [0.05, 0.1) is 14.2 Å². The molecular weight excluding hydrogens is 268 g/mol. The molecule has 1 amide bonds. The zero-order valence-electron chi connectivity index (χ0n) is 13.0. The first-order chi connectivity index (χ1) is 10.1. The Hall–Kier alpha value is -1.75. The van der Waals surface area contributed by atoms with E-state index in [1.165, 1.54) is 0 Å². The molecule has 0 aromatic heterocycles. The smallest absolute Gasteiger partial charge is 0.251 e. The highest BCUT2D eigenvalue weighted by Crippen LogP contribution is 2.28. The largest absolute Gasteiger partial charge is 0.493 e. The molecule has 1 aliphatic heterocycles. The molecule has 1 aromatic rings. The number of hydrogen-bond acceptors (Lipinski definition) is 4. The molecule has 0 bridgehead atoms. The molecule has 2 rings (SSSR count). The van der Waals surface area contributed by atoms with Crippen LogP contribution in [0.5, 0.6) is 11.5 Å². The number of piperidine rings is 1. The molecule has 1 saturated heterocycles. The van der Waals surface area contributed by atoms with Crippen LogP contribution in [0.4, 0.5) is 0 Å². The van der Waals surface area contributed by atoms with E-state index in [2.05, 4.69) is 17.6 Å². The van der Waals surface area contributed by atoms with Gasteiger partial charge >= 0.3 is 0 Å². The Morgan fingerprint density at radius 3 is 2.71 bits per heavy atom. The van der Waals surface area contributed by atoms with Gasteiger partial charge in [0.15, 0.2) is 11.5 Å². The van der Waals surface area contributed by atoms with Crippen LogP contribution >= 0.6 is 0 Å². The minimum Gasteiger partial charge on any atom is -0.493 e. The number of carbonyl (C=O) groups excluding carboxylic acids is 1. The van der Waals surface area contributed by atoms with Crippen LogP contribution in [0.2, 0.25) is 0 Å². The SMILES string of the molecule is COc1ccc(C(=O)NCC2(C)CCCNC2)cc1OC. The summed E-state index contributed by atoms with van der Waals surface area (Å²) in [4.78, 5) is 12.3. The normalized spacial score (nSPS) is 21.7. The van der Waals surface area contributed by atoms with E-state index < -0.39 is 0 Å². The van der Waals surface area contributed by atoms with E-state index in [9.17, 15) is 4.79 Å². The number of hydrogen-bond donors (Lipinski definition) is 2. The van der Waals surface area contributed by atoms with Gasteiger partial charge in [-0.05, 0) is 43.0 Å². The van der Waals surface area contributed by atoms with Crippen molar-refractivity contribution in [3.63, 3.8) is 0 Å². The maximum absolute atomic E-state index is 12.3. The second-order valence-electron chi connectivity index (χ2n) is 5.84. The van der Waals surface area contributed by atoms with Gasteiger partial charge in [-0.15, -0.1) is 0 Å². The van der Waals surface area contributed by atoms with Crippen molar-refractivity contribution in [1.82, 2.24) is 10.6 Å². The fourth-order valence-electron chi connectivity index (χ4n) is 2.64. The first-order valence-electron chi connectivity index (χ1n) is 7.29. The lowest BCUT2D eigenvalue weighted by Crippen LogP contribution is -2.45. The van der Waals surface area contributed by atoms with Crippen LogP contribution in [0.1, 0.15) is 30.1 Å². The van der Waals surface area contributed by atoms with E-state index in [1.807, 2.05) is 0 Å². The van der Waals surface area contributed by atoms with Crippen LogP contribution in [-0.4, -0.2) is 39.8 Å². The van der Waals surface area contributed by atoms with Crippen molar-refractivity contribution >= 4 is 5.91 Å². The summed E-state index contributed by atoms with van der Waals surface area (Å²) in [5, 5.41) is 6.41. The summed E-state index contributed by atoms with van der Waals surface area (Å²) in [6, 6.07) is 5.20. The molecule has 1 aromatic carbocycles. The number of carbonyl (C=O) groups is 1. The number of nitrogens with one attached hydrogen (secondary N) is 2. The van der Waals surface area contributed by atoms with Gasteiger partial charge in [0.2, 0.25) is 0 Å². The van der Waals surface area contributed by atoms with Crippen molar-refractivity contribution in [2.45, 2.75) is 19.8 Å². The fraction of sp³-hybridized carbons (Fsp3) is 0.562. The first kappa shape index (κ1) is 15.6. The van der Waals surface area contributed by atoms with Crippen LogP contribution < -0.4 is 20.1 Å². The Balaban J connectivity index is 2.00. The van der Waals surface area contributed by atoms with E-state index >= 15 is 0 Å². The van der Waals surface area contributed by atoms with Gasteiger partial charge < -0.3 is 20.1 Å². The zero-order chi connectivity index (χ0) is 15.3. The van der Waals surface area contributed by atoms with Gasteiger partial charge in [-0.1, -0.05) is 6.92 Å². The zero-order valence-corrected chi connectivity index (χ0v) is 13.0. The first-order valence-corrected chi connectivity index (χ1v) is 7.29. The maximum Gasteiger partial charge on any atom is 0.251 e. The van der Waals surface area contributed by atoms with E-state index in [0.29, 0.717) is 23.6 Å². The van der Waals surface area contributed by atoms with Gasteiger partial charge in [-0.3, -0.25) is 4.79 Å². The standard InChI is InChI=1S/C16H24N2O3/c1-16(7-4-8-17-10-16)11-18-15(19)12-5-6-13(20-2)14(9-12)21-3/h5-6,9,17H,4,7-8,10-11H2,1-3H3,(H,18,19). The molecule has 21 heavy (non-hydrogen) atoms. The maximum atomic E-state index is 12.3. The third kappa shape index (κ3) is 3.88. The van der Waals surface area contributed by atoms with Crippen molar-refractivity contribution < 1.29 is 14.3 Å². The average Bonchev–Trinajstić information content (AvgIpc) is 2.52. The van der Waals surface area contributed by atoms with Crippen molar-refractivity contribution in [2.24, 2.45) is 5.41 Å². The molecule has 1 aliphatic rings. The molecule has 2 N–H and O–H groups in total. The molecule has 116 valence electrons. The highest BCUT2D eigenvalue weighted by molar-refractivity contribution is 5.94. The Bertz CT molecular complexity index is 496. The summed E-state index contributed by atoms with van der Waals surface area (Å²) in [6.07, 6.45) is 2.29. The van der Waals surface area contributed by atoms with Gasteiger partial charge in [0.1, 0.15) is 0 Å². The van der Waals surface area contributed by atoms with Crippen molar-refractivity contribution in [1.29, 1.82) is 0 Å². The van der Waals surface area contributed by atoms with E-state index in [-0.39, 0.29) is 11.3 Å². The van der Waals surface area contributed by atoms with E-state index in [4.69, 9.17) is 9.47 Å². The predicted molar refractivity (Wildman–Crippen MR) is 82.1 cm³/mol. The van der Waals surface area contributed by atoms with Gasteiger partial charge in [-0.2, -0.15) is 0 Å². The minimum atomic E-state index is -0.0808. The summed E-state index contributed by atoms with van der Waals surface area (Å²) in [5.74, 6) is 1.11. The average molecular weight is 292 g/mol. The summed E-state index contributed by atoms with van der Waals surface area (Å²) in [7, 11) is 3.14. The lowest BCUT2D eigenvalue weighted by atomic mass is 9.83. The predicted octanol–water partition coefficient (Wildman–Crippen LogP) is 1.82. The molecule has 0 saturated carbocycles. The number of amides is 1. The molecule has 1 unspecified atom stereocenters. The molecule has 5 heteroatoms. The third-order valence-corrected chi connectivity index (χ3v) is 4.01. The van der Waals surface area contributed by atoms with Crippen LogP contribution in [0, 0.1) is 5.41 Å². The number of rotatable bonds is 5. The highest BCUT2D eigenvalue weighted by Gasteiger charge is 2.27. The highest BCUT2D eigenvalue weighted by atomic mass is 16.5. The van der Waals surface area contributed by atoms with Gasteiger partial charge in [0.25, 0.3) is 5.91 Å². The van der Waals surface area contributed by atoms with E-state index in [1.54, 1.807) is 32.4 Å². The monoisotopic (exact) mass is 292 g/mol. The van der Waals surface area contributed by atoms with Gasteiger partial charge in [-0.25, -0.2) is 0 Å². The summed E-state index contributed by atoms with van der Waals surface area (Å²) in [5.41, 5.74) is 0.713. The van der Waals surface area contributed by atoms with Crippen molar-refractivity contribution in [3.8, 4) is 11.5 Å². The molecular formula is C16H24N2O3. The summed E-state index contributed by atoms with van der Waals surface area (Å²) < 4.78 is 10.4. The fourth-order valence-corrected chi connectivity index (χ4v) is 2.64. The topological polar surface area (TPSA) is 59.6 Å². The molecule has 0 spiro atoms. The molecule has 1 fully saturated rings. The Morgan fingerprint density at radius 2 is 2.10 bits per heavy atom. The Kier molecular flexibility index (Phi) is 5.07. The second kappa shape index (κ2) is 6.80. The quantitative estimate of drug-likeness (QED) is 0.869. The number of ether oxygens (including phenoxy) is 2. The van der Waals surface area contributed by atoms with Crippen molar-refractivity contribution in [3.05, 3.63) is 23.8 Å². The van der Waals surface area contributed by atoms with Crippen LogP contribution in [0.25, 0.3) is 0 Å². The van der Waals surface area contributed by atoms with E-state index in [0.717, 1.165) is 25.9 Å². The third-order valence-electron chi connectivity index (χ3n) is 4.01. The molecule has 1 heterocycles. The van der Waals surface area contributed by atoms with Gasteiger partial charge in [0, 0.05) is 18.7 Å². The summed E-state index contributed by atoms with van der Waals surface area (Å²) in [6.45, 7) is 4.89. The summed E-state index contributed by atoms with van der Waals surface area (Å²) >= 11 is 0. The Labute approximate surface area is 126 Å². The van der Waals surface area contributed by atoms with Crippen LogP contribution in [0.15, 0.2) is 18.2 Å². The molecule has 5 nitrogen and oxygen atoms in total. The van der Waals surface area contributed by atoms with Crippen molar-refractivity contribution in [2.75, 3.05) is 33.9 Å². The molecule has 0 aliphatic carbocycles. The van der Waals surface area contributed by atoms with Crippen LogP contribution in [0.3, 0.4) is 0 Å². The number of methoxy groups -OCH3 is 2. The van der Waals surface area contributed by atoms with Crippen LogP contribution in [-0.2, 0) is 0 Å². The lowest BCUT2D eigenvalue weighted by Gasteiger charge is -2.34. The molecule has 0 radical (unpaired) electrons. The number of benzene rings is 1. The minimum absolute atomic E-state index is 0.0808. The lowest BCUT2D eigenvalue weighted by molar-refractivity contribution is 0.0924. The molecule has 1 atom stereocenters. The second-order valence-corrected chi connectivity index (χ2v) is 5.84.